The Hall–Kier alpha value is -2.61. The third-order valence-corrected chi connectivity index (χ3v) is 6.97. The second-order valence-corrected chi connectivity index (χ2v) is 10.6. The molecule has 39 heavy (non-hydrogen) atoms. The third-order valence-electron chi connectivity index (χ3n) is 6.62. The number of amides is 1. The van der Waals surface area contributed by atoms with Crippen LogP contribution in [0.15, 0.2) is 12.3 Å². The van der Waals surface area contributed by atoms with Crippen LogP contribution in [0.25, 0.3) is 5.82 Å². The number of hydrogen-bond donors (Lipinski definition) is 1. The first-order chi connectivity index (χ1) is 18.1. The topological polar surface area (TPSA) is 103 Å². The fourth-order valence-electron chi connectivity index (χ4n) is 4.29. The van der Waals surface area contributed by atoms with E-state index in [0.29, 0.717) is 18.4 Å². The zero-order chi connectivity index (χ0) is 29.5. The normalized spacial score (nSPS) is 17.8. The van der Waals surface area contributed by atoms with Crippen molar-refractivity contribution in [3.63, 3.8) is 0 Å². The molecular formula is C24H30ClF5N4O4S. The largest absolute Gasteiger partial charge is 0.431 e. The van der Waals surface area contributed by atoms with Crippen LogP contribution in [0.4, 0.5) is 22.0 Å². The number of nitrogens with zero attached hydrogens (tertiary/aromatic N) is 3. The van der Waals surface area contributed by atoms with Gasteiger partial charge in [-0.25, -0.2) is 9.97 Å². The van der Waals surface area contributed by atoms with E-state index in [2.05, 4.69) is 26.9 Å². The van der Waals surface area contributed by atoms with Crippen molar-refractivity contribution in [3.8, 4) is 11.6 Å². The van der Waals surface area contributed by atoms with Crippen LogP contribution in [0.3, 0.4) is 0 Å². The van der Waals surface area contributed by atoms with Crippen molar-refractivity contribution in [2.75, 3.05) is 6.54 Å². The minimum Gasteiger partial charge on any atom is -0.431 e. The molecule has 0 atom stereocenters. The minimum atomic E-state index is -4.52. The summed E-state index contributed by atoms with van der Waals surface area (Å²) in [7, 11) is 0. The van der Waals surface area contributed by atoms with Crippen molar-refractivity contribution >= 4 is 29.1 Å². The van der Waals surface area contributed by atoms with Crippen molar-refractivity contribution in [3.05, 3.63) is 34.5 Å². The number of pyridine rings is 1. The molecule has 1 aliphatic carbocycles. The van der Waals surface area contributed by atoms with E-state index in [4.69, 9.17) is 20.0 Å². The van der Waals surface area contributed by atoms with Crippen LogP contribution in [0, 0.1) is 24.2 Å². The number of nitrogens with one attached hydrogen (secondary N) is 1. The van der Waals surface area contributed by atoms with Gasteiger partial charge in [0.2, 0.25) is 0 Å². The summed E-state index contributed by atoms with van der Waals surface area (Å²) >= 11 is 5.67. The van der Waals surface area contributed by atoms with Gasteiger partial charge in [0.15, 0.2) is 17.3 Å². The summed E-state index contributed by atoms with van der Waals surface area (Å²) < 4.78 is 88.6. The number of aryl methyl sites for hydroxylation is 1. The second kappa shape index (κ2) is 13.6. The van der Waals surface area contributed by atoms with Gasteiger partial charge in [0.1, 0.15) is 11.0 Å². The highest BCUT2D eigenvalue weighted by atomic mass is 35.5. The Morgan fingerprint density at radius 3 is 2.36 bits per heavy atom. The Labute approximate surface area is 231 Å². The molecule has 1 amide bonds. The molecule has 1 fully saturated rings. The SMILES string of the molecule is Cc1nc(C(=O)NCC2CCC(C)CC2)c(Cl)n1-c1ncc(CC(C)(C)C(F)(F)F)cc1OC(F)F.O=S=O. The Kier molecular flexibility index (Phi) is 11.4. The molecule has 2 aromatic heterocycles. The van der Waals surface area contributed by atoms with Gasteiger partial charge in [0.25, 0.3) is 5.91 Å². The van der Waals surface area contributed by atoms with E-state index in [1.54, 1.807) is 0 Å². The number of carbonyl (C=O) groups is 1. The average Bonchev–Trinajstić information content (AvgIpc) is 3.12. The number of aromatic nitrogens is 3. The number of ether oxygens (including phenoxy) is 1. The first-order valence-electron chi connectivity index (χ1n) is 12.1. The van der Waals surface area contributed by atoms with Crippen LogP contribution < -0.4 is 10.1 Å². The molecule has 3 rings (SSSR count). The van der Waals surface area contributed by atoms with Gasteiger partial charge in [-0.2, -0.15) is 30.4 Å². The molecule has 1 N–H and O–H groups in total. The maximum absolute atomic E-state index is 13.3. The predicted molar refractivity (Wildman–Crippen MR) is 134 cm³/mol. The predicted octanol–water partition coefficient (Wildman–Crippen LogP) is 5.85. The first-order valence-corrected chi connectivity index (χ1v) is 13.1. The standard InChI is InChI=1S/C24H30ClF5N4O2.O2S/c1-13-5-7-15(8-6-13)11-32-21(35)18-19(25)34(14(2)33-18)20-17(36-22(26)27)9-16(12-31-20)10-23(3,4)24(28,29)30;1-3-2/h9,12-13,15,22H,5-8,10-11H2,1-4H3,(H,32,35);. The van der Waals surface area contributed by atoms with Crippen LogP contribution in [-0.4, -0.2) is 48.2 Å². The Balaban J connectivity index is 0.00000170. The molecule has 0 spiro atoms. The van der Waals surface area contributed by atoms with E-state index in [9.17, 15) is 26.7 Å². The molecule has 2 aromatic rings. The fraction of sp³-hybridized carbons (Fsp3) is 0.625. The quantitative estimate of drug-likeness (QED) is 0.382. The molecule has 1 saturated carbocycles. The summed E-state index contributed by atoms with van der Waals surface area (Å²) in [6, 6.07) is 1.07. The smallest absolute Gasteiger partial charge is 0.394 e. The summed E-state index contributed by atoms with van der Waals surface area (Å²) in [5.74, 6) is -0.00144. The molecule has 8 nitrogen and oxygen atoms in total. The van der Waals surface area contributed by atoms with Crippen molar-refractivity contribution in [2.45, 2.75) is 72.6 Å². The van der Waals surface area contributed by atoms with Crippen molar-refractivity contribution in [1.29, 1.82) is 0 Å². The summed E-state index contributed by atoms with van der Waals surface area (Å²) in [5.41, 5.74) is -2.18. The maximum atomic E-state index is 13.3. The number of imidazole rings is 1. The summed E-state index contributed by atoms with van der Waals surface area (Å²) in [6.45, 7) is 2.91. The summed E-state index contributed by atoms with van der Waals surface area (Å²) in [5, 5.41) is 2.67. The molecule has 218 valence electrons. The number of rotatable bonds is 8. The van der Waals surface area contributed by atoms with E-state index in [0.717, 1.165) is 56.4 Å². The number of carbonyl (C=O) groups excluding carboxylic acids is 1. The first kappa shape index (κ1) is 32.6. The van der Waals surface area contributed by atoms with Gasteiger partial charge in [0, 0.05) is 12.7 Å². The highest BCUT2D eigenvalue weighted by Gasteiger charge is 2.47. The lowest BCUT2D eigenvalue weighted by atomic mass is 9.83. The number of halogens is 6. The van der Waals surface area contributed by atoms with E-state index < -0.39 is 47.9 Å². The summed E-state index contributed by atoms with van der Waals surface area (Å²) in [6.07, 6.45) is 0.344. The van der Waals surface area contributed by atoms with Crippen molar-refractivity contribution < 1.29 is 39.9 Å². The van der Waals surface area contributed by atoms with Gasteiger partial charge >= 0.3 is 24.4 Å². The van der Waals surface area contributed by atoms with Crippen LogP contribution in [0.1, 0.15) is 68.3 Å². The van der Waals surface area contributed by atoms with Crippen molar-refractivity contribution in [1.82, 2.24) is 19.9 Å². The van der Waals surface area contributed by atoms with Gasteiger partial charge in [-0.1, -0.05) is 45.2 Å². The van der Waals surface area contributed by atoms with Gasteiger partial charge < -0.3 is 10.1 Å². The molecule has 15 heteroatoms. The lowest BCUT2D eigenvalue weighted by Crippen LogP contribution is -2.34. The molecule has 2 heterocycles. The molecule has 0 radical (unpaired) electrons. The Bertz CT molecular complexity index is 1180. The zero-order valence-corrected chi connectivity index (χ0v) is 23.4. The lowest BCUT2D eigenvalue weighted by molar-refractivity contribution is -0.211. The summed E-state index contributed by atoms with van der Waals surface area (Å²) in [4.78, 5) is 21.0. The van der Waals surface area contributed by atoms with Crippen LogP contribution >= 0.6 is 11.6 Å². The fourth-order valence-corrected chi connectivity index (χ4v) is 4.62. The molecule has 0 saturated heterocycles. The van der Waals surface area contributed by atoms with Crippen LogP contribution in [0.2, 0.25) is 5.15 Å². The third kappa shape index (κ3) is 8.69. The van der Waals surface area contributed by atoms with Crippen LogP contribution in [0.5, 0.6) is 5.75 Å². The van der Waals surface area contributed by atoms with Crippen LogP contribution in [-0.2, 0) is 18.0 Å². The van der Waals surface area contributed by atoms with E-state index >= 15 is 0 Å². The lowest BCUT2D eigenvalue weighted by Gasteiger charge is -2.27. The molecule has 0 aromatic carbocycles. The number of hydrogen-bond acceptors (Lipinski definition) is 6. The van der Waals surface area contributed by atoms with Gasteiger partial charge in [0.05, 0.1) is 5.41 Å². The number of alkyl halides is 5. The molecular weight excluding hydrogens is 571 g/mol. The highest BCUT2D eigenvalue weighted by molar-refractivity contribution is 7.51. The average molecular weight is 601 g/mol. The van der Waals surface area contributed by atoms with Crippen molar-refractivity contribution in [2.24, 2.45) is 17.3 Å². The van der Waals surface area contributed by atoms with E-state index in [1.165, 1.54) is 6.92 Å². The van der Waals surface area contributed by atoms with E-state index in [1.807, 2.05) is 0 Å². The highest BCUT2D eigenvalue weighted by Crippen LogP contribution is 2.41. The molecule has 1 aliphatic rings. The Morgan fingerprint density at radius 2 is 1.82 bits per heavy atom. The van der Waals surface area contributed by atoms with Gasteiger partial charge in [-0.3, -0.25) is 9.36 Å². The minimum absolute atomic E-state index is 0.0467. The van der Waals surface area contributed by atoms with Gasteiger partial charge in [-0.15, -0.1) is 0 Å². The second-order valence-electron chi connectivity index (χ2n) is 10.1. The Morgan fingerprint density at radius 1 is 1.23 bits per heavy atom. The zero-order valence-electron chi connectivity index (χ0n) is 21.8. The monoisotopic (exact) mass is 600 g/mol. The maximum Gasteiger partial charge on any atom is 0.394 e. The molecule has 0 bridgehead atoms. The van der Waals surface area contributed by atoms with E-state index in [-0.39, 0.29) is 28.1 Å². The molecule has 0 unspecified atom stereocenters. The molecule has 0 aliphatic heterocycles. The van der Waals surface area contributed by atoms with Gasteiger partial charge in [-0.05, 0) is 49.7 Å².